The number of ether oxygens (including phenoxy) is 2. The van der Waals surface area contributed by atoms with Gasteiger partial charge in [-0.25, -0.2) is 0 Å². The molecule has 1 unspecified atom stereocenters. The van der Waals surface area contributed by atoms with Crippen molar-refractivity contribution < 1.29 is 19.4 Å². The van der Waals surface area contributed by atoms with E-state index in [-0.39, 0.29) is 0 Å². The highest BCUT2D eigenvalue weighted by atomic mass is 16.5. The number of carboxylic acids is 1. The fraction of sp³-hybridized carbons (Fsp3) is 0.909. The van der Waals surface area contributed by atoms with Crippen LogP contribution < -0.4 is 5.73 Å². The number of rotatable bonds is 11. The van der Waals surface area contributed by atoms with Gasteiger partial charge in [0.15, 0.2) is 0 Å². The molecule has 0 rings (SSSR count). The first-order valence-electron chi connectivity index (χ1n) is 5.82. The summed E-state index contributed by atoms with van der Waals surface area (Å²) in [7, 11) is 3.24. The average Bonchev–Trinajstić information content (AvgIpc) is 2.31. The van der Waals surface area contributed by atoms with E-state index in [1.165, 1.54) is 0 Å². The summed E-state index contributed by atoms with van der Waals surface area (Å²) in [5, 5.41) is 9.16. The molecule has 0 aliphatic carbocycles. The quantitative estimate of drug-likeness (QED) is 0.491. The average molecular weight is 248 g/mol. The van der Waals surface area contributed by atoms with Gasteiger partial charge >= 0.3 is 5.97 Å². The second kappa shape index (κ2) is 10.5. The molecule has 0 saturated carbocycles. The zero-order valence-electron chi connectivity index (χ0n) is 10.7. The lowest BCUT2D eigenvalue weighted by molar-refractivity contribution is -0.143. The SMILES string of the molecule is COCCCN(CCOC)C(CCN)C(=O)O. The van der Waals surface area contributed by atoms with E-state index in [4.69, 9.17) is 20.3 Å². The molecule has 102 valence electrons. The van der Waals surface area contributed by atoms with Crippen LogP contribution in [-0.4, -0.2) is 69.1 Å². The van der Waals surface area contributed by atoms with E-state index in [0.29, 0.717) is 39.3 Å². The number of hydrogen-bond donors (Lipinski definition) is 2. The minimum Gasteiger partial charge on any atom is -0.480 e. The molecule has 0 amide bonds. The van der Waals surface area contributed by atoms with Gasteiger partial charge in [-0.2, -0.15) is 0 Å². The van der Waals surface area contributed by atoms with Crippen molar-refractivity contribution in [1.29, 1.82) is 0 Å². The monoisotopic (exact) mass is 248 g/mol. The van der Waals surface area contributed by atoms with Gasteiger partial charge in [0.2, 0.25) is 0 Å². The second-order valence-corrected chi connectivity index (χ2v) is 3.81. The van der Waals surface area contributed by atoms with Gasteiger partial charge in [-0.3, -0.25) is 9.69 Å². The summed E-state index contributed by atoms with van der Waals surface area (Å²) in [6, 6.07) is -0.535. The van der Waals surface area contributed by atoms with Crippen molar-refractivity contribution in [1.82, 2.24) is 4.90 Å². The van der Waals surface area contributed by atoms with Crippen molar-refractivity contribution in [3.05, 3.63) is 0 Å². The molecule has 0 aromatic rings. The molecule has 6 nitrogen and oxygen atoms in total. The zero-order chi connectivity index (χ0) is 13.1. The van der Waals surface area contributed by atoms with Crippen LogP contribution in [0.25, 0.3) is 0 Å². The minimum absolute atomic E-state index is 0.366. The van der Waals surface area contributed by atoms with Gasteiger partial charge < -0.3 is 20.3 Å². The summed E-state index contributed by atoms with van der Waals surface area (Å²) >= 11 is 0. The van der Waals surface area contributed by atoms with Crippen LogP contribution in [-0.2, 0) is 14.3 Å². The largest absolute Gasteiger partial charge is 0.480 e. The number of carbonyl (C=O) groups is 1. The highest BCUT2D eigenvalue weighted by molar-refractivity contribution is 5.73. The van der Waals surface area contributed by atoms with Crippen molar-refractivity contribution in [3.63, 3.8) is 0 Å². The molecule has 0 aliphatic rings. The summed E-state index contributed by atoms with van der Waals surface area (Å²) in [6.45, 7) is 2.77. The third-order valence-corrected chi connectivity index (χ3v) is 2.54. The Balaban J connectivity index is 4.31. The summed E-state index contributed by atoms with van der Waals surface area (Å²) in [5.41, 5.74) is 5.44. The number of nitrogens with zero attached hydrogens (tertiary/aromatic N) is 1. The lowest BCUT2D eigenvalue weighted by atomic mass is 10.1. The molecule has 0 heterocycles. The normalized spacial score (nSPS) is 12.9. The highest BCUT2D eigenvalue weighted by Crippen LogP contribution is 2.05. The number of methoxy groups -OCH3 is 2. The summed E-state index contributed by atoms with van der Waals surface area (Å²) in [5.74, 6) is -0.830. The maximum Gasteiger partial charge on any atom is 0.320 e. The van der Waals surface area contributed by atoms with Crippen LogP contribution in [0.15, 0.2) is 0 Å². The van der Waals surface area contributed by atoms with Crippen LogP contribution >= 0.6 is 0 Å². The number of carboxylic acid groups (broad SMARTS) is 1. The van der Waals surface area contributed by atoms with E-state index in [1.54, 1.807) is 14.2 Å². The van der Waals surface area contributed by atoms with Gasteiger partial charge in [0.1, 0.15) is 6.04 Å². The molecule has 0 bridgehead atoms. The maximum atomic E-state index is 11.2. The first-order valence-corrected chi connectivity index (χ1v) is 5.82. The van der Waals surface area contributed by atoms with Crippen LogP contribution in [0, 0.1) is 0 Å². The van der Waals surface area contributed by atoms with E-state index in [1.807, 2.05) is 4.90 Å². The predicted molar refractivity (Wildman–Crippen MR) is 65.0 cm³/mol. The molecule has 0 saturated heterocycles. The maximum absolute atomic E-state index is 11.2. The van der Waals surface area contributed by atoms with Crippen LogP contribution in [0.3, 0.4) is 0 Å². The third kappa shape index (κ3) is 7.27. The molecule has 0 aliphatic heterocycles. The first kappa shape index (κ1) is 16.3. The standard InChI is InChI=1S/C11H24N2O4/c1-16-8-3-6-13(7-9-17-2)10(4-5-12)11(14)15/h10H,3-9,12H2,1-2H3,(H,14,15). The second-order valence-electron chi connectivity index (χ2n) is 3.81. The van der Waals surface area contributed by atoms with Crippen molar-refractivity contribution in [2.24, 2.45) is 5.73 Å². The fourth-order valence-electron chi connectivity index (χ4n) is 1.66. The van der Waals surface area contributed by atoms with Gasteiger partial charge in [-0.1, -0.05) is 0 Å². The molecule has 6 heteroatoms. The number of aliphatic carboxylic acids is 1. The van der Waals surface area contributed by atoms with Crippen LogP contribution in [0.2, 0.25) is 0 Å². The Bertz CT molecular complexity index is 202. The van der Waals surface area contributed by atoms with E-state index in [9.17, 15) is 4.79 Å². The van der Waals surface area contributed by atoms with Crippen LogP contribution in [0.4, 0.5) is 0 Å². The van der Waals surface area contributed by atoms with E-state index in [2.05, 4.69) is 0 Å². The van der Waals surface area contributed by atoms with Crippen molar-refractivity contribution in [3.8, 4) is 0 Å². The Morgan fingerprint density at radius 3 is 2.41 bits per heavy atom. The fourth-order valence-corrected chi connectivity index (χ4v) is 1.66. The minimum atomic E-state index is -0.830. The van der Waals surface area contributed by atoms with Gasteiger partial charge in [-0.15, -0.1) is 0 Å². The number of nitrogens with two attached hydrogens (primary N) is 1. The molecular formula is C11H24N2O4. The van der Waals surface area contributed by atoms with Gasteiger partial charge in [0.25, 0.3) is 0 Å². The topological polar surface area (TPSA) is 85.0 Å². The Hall–Kier alpha value is -0.690. The molecule has 0 aromatic heterocycles. The Labute approximate surface area is 103 Å². The van der Waals surface area contributed by atoms with Gasteiger partial charge in [0.05, 0.1) is 6.61 Å². The third-order valence-electron chi connectivity index (χ3n) is 2.54. The summed E-state index contributed by atoms with van der Waals surface area (Å²) in [4.78, 5) is 13.0. The van der Waals surface area contributed by atoms with Crippen molar-refractivity contribution in [2.45, 2.75) is 18.9 Å². The van der Waals surface area contributed by atoms with Crippen molar-refractivity contribution >= 4 is 5.97 Å². The van der Waals surface area contributed by atoms with E-state index in [0.717, 1.165) is 6.42 Å². The van der Waals surface area contributed by atoms with Crippen LogP contribution in [0.5, 0.6) is 0 Å². The van der Waals surface area contributed by atoms with Gasteiger partial charge in [-0.05, 0) is 19.4 Å². The van der Waals surface area contributed by atoms with Crippen LogP contribution in [0.1, 0.15) is 12.8 Å². The summed E-state index contributed by atoms with van der Waals surface area (Å²) in [6.07, 6.45) is 1.25. The van der Waals surface area contributed by atoms with E-state index < -0.39 is 12.0 Å². The molecule has 0 aromatic carbocycles. The van der Waals surface area contributed by atoms with Crippen molar-refractivity contribution in [2.75, 3.05) is 47.1 Å². The molecule has 17 heavy (non-hydrogen) atoms. The molecule has 3 N–H and O–H groups in total. The van der Waals surface area contributed by atoms with E-state index >= 15 is 0 Å². The zero-order valence-corrected chi connectivity index (χ0v) is 10.7. The smallest absolute Gasteiger partial charge is 0.320 e. The molecule has 1 atom stereocenters. The first-order chi connectivity index (χ1) is 8.17. The molecular weight excluding hydrogens is 224 g/mol. The lowest BCUT2D eigenvalue weighted by Gasteiger charge is -2.28. The predicted octanol–water partition coefficient (Wildman–Crippen LogP) is -0.227. The number of hydrogen-bond acceptors (Lipinski definition) is 5. The highest BCUT2D eigenvalue weighted by Gasteiger charge is 2.23. The van der Waals surface area contributed by atoms with Gasteiger partial charge in [0, 0.05) is 33.9 Å². The Kier molecular flexibility index (Phi) is 10.0. The molecule has 0 radical (unpaired) electrons. The molecule has 0 fully saturated rings. The Morgan fingerprint density at radius 1 is 1.29 bits per heavy atom. The lowest BCUT2D eigenvalue weighted by Crippen LogP contribution is -2.44. The summed E-state index contributed by atoms with van der Waals surface area (Å²) < 4.78 is 9.96. The Morgan fingerprint density at radius 2 is 1.94 bits per heavy atom. The molecule has 0 spiro atoms.